The minimum atomic E-state index is -0.393. The summed E-state index contributed by atoms with van der Waals surface area (Å²) in [6, 6.07) is 17.0. The van der Waals surface area contributed by atoms with E-state index in [2.05, 4.69) is 76.3 Å². The first kappa shape index (κ1) is 34.3. The van der Waals surface area contributed by atoms with Crippen LogP contribution in [-0.4, -0.2) is 13.0 Å². The monoisotopic (exact) mass is 473 g/mol. The number of carbonyl (C=O) groups excluding carboxylic acids is 1. The molecular formula is C26H31CrNO4. The summed E-state index contributed by atoms with van der Waals surface area (Å²) in [5.74, 6) is 0.501. The largest absolute Gasteiger partial charge is 0 e. The molecule has 0 bridgehead atoms. The van der Waals surface area contributed by atoms with Crippen LogP contribution in [0.15, 0.2) is 48.5 Å². The molecule has 0 N–H and O–H groups in total. The van der Waals surface area contributed by atoms with Gasteiger partial charge in [0, 0.05) is 35.5 Å². The van der Waals surface area contributed by atoms with Gasteiger partial charge in [-0.3, -0.25) is 4.79 Å². The molecule has 170 valence electrons. The molecule has 0 spiro atoms. The number of nitrogens with zero attached hydrogens (tertiary/aromatic N) is 1. The number of benzene rings is 2. The van der Waals surface area contributed by atoms with Crippen molar-refractivity contribution in [2.75, 3.05) is 11.9 Å². The molecule has 0 aliphatic rings. The molecule has 0 fully saturated rings. The second-order valence-electron chi connectivity index (χ2n) is 7.91. The van der Waals surface area contributed by atoms with Crippen LogP contribution >= 0.6 is 0 Å². The molecule has 1 atom stereocenters. The molecule has 6 heteroatoms. The summed E-state index contributed by atoms with van der Waals surface area (Å²) in [7, 11) is 1.92. The Hall–Kier alpha value is -2.34. The number of aryl methyl sites for hydroxylation is 1. The third kappa shape index (κ3) is 10.3. The summed E-state index contributed by atoms with van der Waals surface area (Å²) in [4.78, 5) is 14.8. The average Bonchev–Trinajstić information content (AvgIpc) is 2.81. The van der Waals surface area contributed by atoms with Crippen LogP contribution in [0.25, 0.3) is 0 Å². The van der Waals surface area contributed by atoms with Crippen molar-refractivity contribution < 1.29 is 36.1 Å². The van der Waals surface area contributed by atoms with E-state index in [9.17, 15) is 4.79 Å². The van der Waals surface area contributed by atoms with Gasteiger partial charge < -0.3 is 4.90 Å². The average molecular weight is 474 g/mol. The van der Waals surface area contributed by atoms with Crippen LogP contribution in [0, 0.1) is 25.4 Å². The van der Waals surface area contributed by atoms with Gasteiger partial charge in [-0.1, -0.05) is 83.1 Å². The van der Waals surface area contributed by atoms with E-state index >= 15 is 0 Å². The first-order chi connectivity index (χ1) is 14.8. The quantitative estimate of drug-likeness (QED) is 0.418. The zero-order chi connectivity index (χ0) is 24.6. The van der Waals surface area contributed by atoms with E-state index in [1.54, 1.807) is 0 Å². The van der Waals surface area contributed by atoms with E-state index in [1.165, 1.54) is 16.7 Å². The van der Waals surface area contributed by atoms with E-state index in [4.69, 9.17) is 14.0 Å². The summed E-state index contributed by atoms with van der Waals surface area (Å²) >= 11 is 0. The Bertz CT molecular complexity index is 837. The van der Waals surface area contributed by atoms with Crippen molar-refractivity contribution >= 4 is 11.6 Å². The van der Waals surface area contributed by atoms with Gasteiger partial charge in [0.25, 0.3) is 0 Å². The molecule has 0 heterocycles. The van der Waals surface area contributed by atoms with Crippen molar-refractivity contribution in [1.82, 2.24) is 0 Å². The van der Waals surface area contributed by atoms with Gasteiger partial charge in [0.05, 0.1) is 0 Å². The first-order valence-electron chi connectivity index (χ1n) is 9.80. The van der Waals surface area contributed by atoms with Gasteiger partial charge in [0.15, 0.2) is 0 Å². The normalized spacial score (nSPS) is 10.1. The molecule has 0 unspecified atom stereocenters. The number of hydrogen-bond acceptors (Lipinski definition) is 1. The predicted molar refractivity (Wildman–Crippen MR) is 119 cm³/mol. The molecule has 0 aromatic heterocycles. The molecule has 0 saturated heterocycles. The van der Waals surface area contributed by atoms with Crippen LogP contribution in [0.4, 0.5) is 5.69 Å². The minimum Gasteiger partial charge on any atom is 0 e. The molecule has 1 amide bonds. The molecule has 2 rings (SSSR count). The van der Waals surface area contributed by atoms with Crippen LogP contribution in [0.2, 0.25) is 0 Å². The minimum absolute atomic E-state index is 0. The summed E-state index contributed by atoms with van der Waals surface area (Å²) in [5.41, 5.74) is 4.51. The van der Waals surface area contributed by atoms with Crippen molar-refractivity contribution in [1.29, 1.82) is 0 Å². The van der Waals surface area contributed by atoms with E-state index in [0.717, 1.165) is 18.5 Å². The van der Waals surface area contributed by atoms with Crippen molar-refractivity contribution in [3.63, 3.8) is 0 Å². The number of amides is 1. The SMILES string of the molecule is CCc1cccc([C@H](C)Cc2ccccc2)c1N(C)C(=O)C(C)(C)C.[C-]#[O+].[C-]#[O+].[C-]#[O+].[Cr]. The number of rotatable bonds is 5. The fourth-order valence-corrected chi connectivity index (χ4v) is 3.39. The van der Waals surface area contributed by atoms with Gasteiger partial charge >= 0.3 is 33.9 Å². The molecule has 2 aromatic carbocycles. The zero-order valence-corrected chi connectivity index (χ0v) is 20.9. The summed E-state index contributed by atoms with van der Waals surface area (Å²) in [6.45, 7) is 23.8. The van der Waals surface area contributed by atoms with E-state index in [1.807, 2.05) is 38.8 Å². The zero-order valence-electron chi connectivity index (χ0n) is 19.6. The third-order valence-electron chi connectivity index (χ3n) is 4.73. The second-order valence-corrected chi connectivity index (χ2v) is 7.91. The Labute approximate surface area is 203 Å². The van der Waals surface area contributed by atoms with Gasteiger partial charge in [-0.05, 0) is 35.4 Å². The van der Waals surface area contributed by atoms with Crippen LogP contribution < -0.4 is 4.90 Å². The molecule has 0 aliphatic carbocycles. The van der Waals surface area contributed by atoms with Crippen molar-refractivity contribution in [2.45, 2.75) is 53.4 Å². The van der Waals surface area contributed by atoms with Crippen LogP contribution in [-0.2, 0) is 49.0 Å². The van der Waals surface area contributed by atoms with E-state index in [0.29, 0.717) is 5.92 Å². The maximum absolute atomic E-state index is 12.9. The van der Waals surface area contributed by atoms with Gasteiger partial charge in [0.2, 0.25) is 5.91 Å². The number of hydrogen-bond donors (Lipinski definition) is 0. The molecule has 32 heavy (non-hydrogen) atoms. The van der Waals surface area contributed by atoms with Gasteiger partial charge in [-0.15, -0.1) is 0 Å². The summed E-state index contributed by atoms with van der Waals surface area (Å²) in [5, 5.41) is 0. The fourth-order valence-electron chi connectivity index (χ4n) is 3.39. The van der Waals surface area contributed by atoms with E-state index in [-0.39, 0.29) is 23.3 Å². The van der Waals surface area contributed by atoms with Crippen LogP contribution in [0.3, 0.4) is 0 Å². The Morgan fingerprint density at radius 3 is 1.88 bits per heavy atom. The molecule has 0 radical (unpaired) electrons. The maximum Gasteiger partial charge on any atom is 0 e. The smallest absolute Gasteiger partial charge is 0 e. The molecule has 0 saturated carbocycles. The van der Waals surface area contributed by atoms with Crippen molar-refractivity contribution in [2.24, 2.45) is 5.41 Å². The molecule has 5 nitrogen and oxygen atoms in total. The van der Waals surface area contributed by atoms with E-state index < -0.39 is 5.41 Å². The first-order valence-corrected chi connectivity index (χ1v) is 9.80. The Kier molecular flexibility index (Phi) is 19.6. The van der Waals surface area contributed by atoms with Gasteiger partial charge in [-0.25, -0.2) is 0 Å². The topological polar surface area (TPSA) is 80.0 Å². The summed E-state index contributed by atoms with van der Waals surface area (Å²) < 4.78 is 22.5. The summed E-state index contributed by atoms with van der Waals surface area (Å²) in [6.07, 6.45) is 1.89. The predicted octanol–water partition coefficient (Wildman–Crippen LogP) is 5.49. The Morgan fingerprint density at radius 1 is 0.938 bits per heavy atom. The molecular weight excluding hydrogens is 442 g/mol. The van der Waals surface area contributed by atoms with Gasteiger partial charge in [0.1, 0.15) is 0 Å². The van der Waals surface area contributed by atoms with Gasteiger partial charge in [-0.2, -0.15) is 0 Å². The Morgan fingerprint density at radius 2 is 1.44 bits per heavy atom. The fraction of sp³-hybridized carbons (Fsp3) is 0.385. The van der Waals surface area contributed by atoms with Crippen LogP contribution in [0.5, 0.6) is 0 Å². The Balaban J connectivity index is -0.00000111. The van der Waals surface area contributed by atoms with Crippen LogP contribution in [0.1, 0.15) is 57.2 Å². The number of para-hydroxylation sites is 1. The third-order valence-corrected chi connectivity index (χ3v) is 4.73. The van der Waals surface area contributed by atoms with Crippen molar-refractivity contribution in [3.8, 4) is 0 Å². The number of anilines is 1. The molecule has 0 aliphatic heterocycles. The number of carbonyl (C=O) groups is 1. The molecule has 2 aromatic rings. The maximum atomic E-state index is 12.9. The standard InChI is InChI=1S/C23H31NO.3CO.Cr/c1-7-19-14-11-15-20(17(2)16-18-12-9-8-10-13-18)21(19)24(6)22(25)23(3,4)5;3*1-2;/h8-15,17H,7,16H2,1-6H3;;;;/t17-;;;;/m1..../s1. The second kappa shape index (κ2) is 18.3. The van der Waals surface area contributed by atoms with Crippen molar-refractivity contribution in [3.05, 3.63) is 85.2 Å².